The minimum atomic E-state index is -3.58. The molecule has 0 fully saturated rings. The number of aryl methyl sites for hydroxylation is 1. The van der Waals surface area contributed by atoms with Gasteiger partial charge in [0.1, 0.15) is 18.2 Å². The van der Waals surface area contributed by atoms with Crippen molar-refractivity contribution in [1.29, 1.82) is 0 Å². The van der Waals surface area contributed by atoms with E-state index in [2.05, 4.69) is 9.97 Å². The highest BCUT2D eigenvalue weighted by molar-refractivity contribution is 7.89. The molecule has 0 spiro atoms. The van der Waals surface area contributed by atoms with Crippen molar-refractivity contribution in [2.24, 2.45) is 0 Å². The van der Waals surface area contributed by atoms with E-state index in [-0.39, 0.29) is 18.2 Å². The third-order valence-corrected chi connectivity index (χ3v) is 4.95. The predicted molar refractivity (Wildman–Crippen MR) is 80.1 cm³/mol. The number of rotatable bonds is 6. The molecule has 0 aliphatic rings. The number of benzene rings is 1. The molecule has 0 saturated heterocycles. The summed E-state index contributed by atoms with van der Waals surface area (Å²) in [6.45, 7) is 2.09. The Hall–Kier alpha value is -1.57. The number of nitrogens with zero attached hydrogens (tertiary/aromatic N) is 2. The van der Waals surface area contributed by atoms with E-state index < -0.39 is 10.0 Å². The first-order valence-electron chi connectivity index (χ1n) is 6.26. The van der Waals surface area contributed by atoms with Gasteiger partial charge in [0, 0.05) is 13.6 Å². The Kier molecular flexibility index (Phi) is 4.87. The molecule has 2 rings (SSSR count). The average Bonchev–Trinajstić information content (AvgIpc) is 2.88. The van der Waals surface area contributed by atoms with Gasteiger partial charge in [-0.15, -0.1) is 0 Å². The van der Waals surface area contributed by atoms with Gasteiger partial charge >= 0.3 is 0 Å². The van der Waals surface area contributed by atoms with Crippen LogP contribution < -0.4 is 4.74 Å². The zero-order valence-corrected chi connectivity index (χ0v) is 13.3. The molecular weight excluding hydrogens is 314 g/mol. The summed E-state index contributed by atoms with van der Waals surface area (Å²) in [4.78, 5) is 6.61. The summed E-state index contributed by atoms with van der Waals surface area (Å²) in [5, 5.41) is 0.562. The van der Waals surface area contributed by atoms with E-state index in [0.29, 0.717) is 16.6 Å². The van der Waals surface area contributed by atoms with Gasteiger partial charge in [-0.05, 0) is 19.1 Å². The van der Waals surface area contributed by atoms with E-state index in [1.807, 2.05) is 0 Å². The van der Waals surface area contributed by atoms with E-state index in [4.69, 9.17) is 16.3 Å². The van der Waals surface area contributed by atoms with Crippen molar-refractivity contribution < 1.29 is 13.2 Å². The van der Waals surface area contributed by atoms with Gasteiger partial charge in [-0.2, -0.15) is 4.31 Å². The normalized spacial score (nSPS) is 11.8. The molecule has 0 bridgehead atoms. The molecule has 0 saturated carbocycles. The standard InChI is InChI=1S/C13H16ClN3O3S/c1-10-15-9-13(16-10)21(18,19)17(2)7-8-20-12-6-4-3-5-11(12)14/h3-6,9H,7-8H2,1-2H3,(H,15,16). The summed E-state index contributed by atoms with van der Waals surface area (Å²) in [7, 11) is -2.09. The zero-order chi connectivity index (χ0) is 15.5. The second-order valence-corrected chi connectivity index (χ2v) is 6.86. The third kappa shape index (κ3) is 3.75. The fraction of sp³-hybridized carbons (Fsp3) is 0.308. The second-order valence-electron chi connectivity index (χ2n) is 4.44. The molecular formula is C13H16ClN3O3S. The van der Waals surface area contributed by atoms with Crippen LogP contribution >= 0.6 is 11.6 Å². The lowest BCUT2D eigenvalue weighted by Crippen LogP contribution is -2.31. The molecule has 1 heterocycles. The van der Waals surface area contributed by atoms with Crippen molar-refractivity contribution in [3.05, 3.63) is 41.3 Å². The smallest absolute Gasteiger partial charge is 0.259 e. The quantitative estimate of drug-likeness (QED) is 0.880. The molecule has 0 amide bonds. The molecule has 1 aromatic heterocycles. The SMILES string of the molecule is Cc1ncc(S(=O)(=O)N(C)CCOc2ccccc2Cl)[nH]1. The number of ether oxygens (including phenoxy) is 1. The van der Waals surface area contributed by atoms with Crippen molar-refractivity contribution in [3.8, 4) is 5.75 Å². The van der Waals surface area contributed by atoms with E-state index in [1.54, 1.807) is 31.2 Å². The Morgan fingerprint density at radius 3 is 2.71 bits per heavy atom. The first kappa shape index (κ1) is 15.8. The van der Waals surface area contributed by atoms with E-state index >= 15 is 0 Å². The molecule has 1 aromatic carbocycles. The summed E-state index contributed by atoms with van der Waals surface area (Å²) in [5.74, 6) is 1.08. The summed E-state index contributed by atoms with van der Waals surface area (Å²) in [6, 6.07) is 7.04. The maximum atomic E-state index is 12.2. The Balaban J connectivity index is 1.96. The van der Waals surface area contributed by atoms with Crippen LogP contribution in [0.5, 0.6) is 5.75 Å². The van der Waals surface area contributed by atoms with Crippen LogP contribution in [0.3, 0.4) is 0 Å². The lowest BCUT2D eigenvalue weighted by atomic mass is 10.3. The van der Waals surface area contributed by atoms with Crippen molar-refractivity contribution in [1.82, 2.24) is 14.3 Å². The molecule has 114 valence electrons. The predicted octanol–water partition coefficient (Wildman–Crippen LogP) is 2.07. The molecule has 2 aromatic rings. The number of hydrogen-bond acceptors (Lipinski definition) is 4. The maximum Gasteiger partial charge on any atom is 0.259 e. The molecule has 21 heavy (non-hydrogen) atoms. The average molecular weight is 330 g/mol. The number of halogens is 1. The monoisotopic (exact) mass is 329 g/mol. The van der Waals surface area contributed by atoms with Gasteiger partial charge in [0.2, 0.25) is 0 Å². The van der Waals surface area contributed by atoms with Crippen molar-refractivity contribution >= 4 is 21.6 Å². The summed E-state index contributed by atoms with van der Waals surface area (Å²) >= 11 is 5.96. The highest BCUT2D eigenvalue weighted by atomic mass is 35.5. The molecule has 1 N–H and O–H groups in total. The number of aromatic amines is 1. The number of hydrogen-bond donors (Lipinski definition) is 1. The Morgan fingerprint density at radius 2 is 2.10 bits per heavy atom. The molecule has 0 aliphatic carbocycles. The van der Waals surface area contributed by atoms with E-state index in [0.717, 1.165) is 0 Å². The second kappa shape index (κ2) is 6.46. The minimum absolute atomic E-state index is 0.0697. The summed E-state index contributed by atoms with van der Waals surface area (Å²) in [6.07, 6.45) is 1.30. The number of para-hydroxylation sites is 1. The van der Waals surface area contributed by atoms with Gasteiger partial charge in [0.05, 0.1) is 11.2 Å². The lowest BCUT2D eigenvalue weighted by molar-refractivity contribution is 0.287. The molecule has 6 nitrogen and oxygen atoms in total. The Morgan fingerprint density at radius 1 is 1.38 bits per heavy atom. The van der Waals surface area contributed by atoms with Crippen LogP contribution in [0.25, 0.3) is 0 Å². The first-order chi connectivity index (χ1) is 9.91. The zero-order valence-electron chi connectivity index (χ0n) is 11.7. The lowest BCUT2D eigenvalue weighted by Gasteiger charge is -2.16. The summed E-state index contributed by atoms with van der Waals surface area (Å²) < 4.78 is 31.1. The largest absolute Gasteiger partial charge is 0.491 e. The van der Waals surface area contributed by atoms with Crippen molar-refractivity contribution in [2.75, 3.05) is 20.2 Å². The molecule has 8 heteroatoms. The number of nitrogens with one attached hydrogen (secondary N) is 1. The third-order valence-electron chi connectivity index (χ3n) is 2.87. The van der Waals surface area contributed by atoms with Crippen LogP contribution in [-0.2, 0) is 10.0 Å². The van der Waals surface area contributed by atoms with Gasteiger partial charge in [-0.25, -0.2) is 13.4 Å². The topological polar surface area (TPSA) is 75.3 Å². The van der Waals surface area contributed by atoms with Gasteiger partial charge in [-0.3, -0.25) is 0 Å². The van der Waals surface area contributed by atoms with E-state index in [1.165, 1.54) is 17.5 Å². The van der Waals surface area contributed by atoms with Gasteiger partial charge in [0.25, 0.3) is 10.0 Å². The van der Waals surface area contributed by atoms with Crippen LogP contribution in [-0.4, -0.2) is 42.9 Å². The fourth-order valence-corrected chi connectivity index (χ4v) is 2.97. The van der Waals surface area contributed by atoms with Crippen LogP contribution in [0.15, 0.2) is 35.5 Å². The van der Waals surface area contributed by atoms with Gasteiger partial charge in [0.15, 0.2) is 5.03 Å². The van der Waals surface area contributed by atoms with Crippen molar-refractivity contribution in [3.63, 3.8) is 0 Å². The van der Waals surface area contributed by atoms with E-state index in [9.17, 15) is 8.42 Å². The molecule has 0 aliphatic heterocycles. The summed E-state index contributed by atoms with van der Waals surface area (Å²) in [5.41, 5.74) is 0. The number of likely N-dealkylation sites (N-methyl/N-ethyl adjacent to an activating group) is 1. The molecule has 0 unspecified atom stereocenters. The van der Waals surface area contributed by atoms with Crippen LogP contribution in [0.2, 0.25) is 5.02 Å². The van der Waals surface area contributed by atoms with Crippen LogP contribution in [0.1, 0.15) is 5.82 Å². The van der Waals surface area contributed by atoms with Crippen molar-refractivity contribution in [2.45, 2.75) is 11.9 Å². The maximum absolute atomic E-state index is 12.2. The molecule has 0 atom stereocenters. The number of H-pyrrole nitrogens is 1. The highest BCUT2D eigenvalue weighted by Crippen LogP contribution is 2.23. The highest BCUT2D eigenvalue weighted by Gasteiger charge is 2.22. The number of aromatic nitrogens is 2. The number of imidazole rings is 1. The Bertz CT molecular complexity index is 715. The van der Waals surface area contributed by atoms with Gasteiger partial charge < -0.3 is 9.72 Å². The molecule has 0 radical (unpaired) electrons. The number of sulfonamides is 1. The Labute approximate surface area is 128 Å². The first-order valence-corrected chi connectivity index (χ1v) is 8.08. The van der Waals surface area contributed by atoms with Crippen LogP contribution in [0, 0.1) is 6.92 Å². The van der Waals surface area contributed by atoms with Gasteiger partial charge in [-0.1, -0.05) is 23.7 Å². The fourth-order valence-electron chi connectivity index (χ4n) is 1.66. The van der Waals surface area contributed by atoms with Crippen LogP contribution in [0.4, 0.5) is 0 Å². The minimum Gasteiger partial charge on any atom is -0.491 e.